The number of hydrogen-bond acceptors (Lipinski definition) is 2. The molecule has 0 aromatic heterocycles. The van der Waals surface area contributed by atoms with Crippen molar-refractivity contribution in [1.82, 2.24) is 10.6 Å². The van der Waals surface area contributed by atoms with E-state index in [1.165, 1.54) is 12.8 Å². The molecule has 0 aliphatic carbocycles. The third kappa shape index (κ3) is 5.38. The highest BCUT2D eigenvalue weighted by molar-refractivity contribution is 5.76. The van der Waals surface area contributed by atoms with Crippen LogP contribution < -0.4 is 10.6 Å². The summed E-state index contributed by atoms with van der Waals surface area (Å²) >= 11 is 0. The van der Waals surface area contributed by atoms with Gasteiger partial charge < -0.3 is 10.6 Å². The molecule has 0 spiro atoms. The van der Waals surface area contributed by atoms with Gasteiger partial charge >= 0.3 is 0 Å². The van der Waals surface area contributed by atoms with Crippen LogP contribution in [0.1, 0.15) is 59.8 Å². The molecule has 1 fully saturated rings. The summed E-state index contributed by atoms with van der Waals surface area (Å²) in [7, 11) is 0. The second kappa shape index (κ2) is 7.13. The molecule has 1 atom stereocenters. The molecule has 1 heterocycles. The Morgan fingerprint density at radius 1 is 1.33 bits per heavy atom. The minimum atomic E-state index is 0.152. The van der Waals surface area contributed by atoms with Crippen molar-refractivity contribution >= 4 is 5.91 Å². The van der Waals surface area contributed by atoms with Crippen LogP contribution in [-0.2, 0) is 4.79 Å². The van der Waals surface area contributed by atoms with Crippen LogP contribution in [-0.4, -0.2) is 25.0 Å². The number of hydrogen-bond donors (Lipinski definition) is 2. The third-order valence-electron chi connectivity index (χ3n) is 4.03. The van der Waals surface area contributed by atoms with E-state index in [9.17, 15) is 4.79 Å². The van der Waals surface area contributed by atoms with Crippen molar-refractivity contribution in [3.05, 3.63) is 0 Å². The van der Waals surface area contributed by atoms with E-state index in [1.54, 1.807) is 0 Å². The van der Waals surface area contributed by atoms with E-state index >= 15 is 0 Å². The van der Waals surface area contributed by atoms with Crippen molar-refractivity contribution in [2.45, 2.75) is 65.8 Å². The SMILES string of the molecule is CCC(NC(=O)CCC1CCNCC1)C(C)(C)C. The standard InChI is InChI=1S/C15H30N2O/c1-5-13(15(2,3)4)17-14(18)7-6-12-8-10-16-11-9-12/h12-13,16H,5-11H2,1-4H3,(H,17,18). The van der Waals surface area contributed by atoms with Gasteiger partial charge in [-0.1, -0.05) is 27.7 Å². The fourth-order valence-electron chi connectivity index (χ4n) is 2.70. The van der Waals surface area contributed by atoms with Crippen molar-refractivity contribution in [1.29, 1.82) is 0 Å². The maximum atomic E-state index is 12.0. The lowest BCUT2D eigenvalue weighted by molar-refractivity contribution is -0.122. The van der Waals surface area contributed by atoms with Gasteiger partial charge in [0.2, 0.25) is 5.91 Å². The first-order chi connectivity index (χ1) is 8.43. The van der Waals surface area contributed by atoms with E-state index in [1.807, 2.05) is 0 Å². The van der Waals surface area contributed by atoms with Gasteiger partial charge in [-0.3, -0.25) is 4.79 Å². The Balaban J connectivity index is 2.27. The molecular formula is C15H30N2O. The van der Waals surface area contributed by atoms with E-state index < -0.39 is 0 Å². The van der Waals surface area contributed by atoms with Crippen LogP contribution in [0.2, 0.25) is 0 Å². The van der Waals surface area contributed by atoms with Gasteiger partial charge in [0.15, 0.2) is 0 Å². The Hall–Kier alpha value is -0.570. The van der Waals surface area contributed by atoms with Gasteiger partial charge in [-0.25, -0.2) is 0 Å². The Morgan fingerprint density at radius 2 is 1.94 bits per heavy atom. The molecule has 3 heteroatoms. The van der Waals surface area contributed by atoms with Crippen LogP contribution in [0, 0.1) is 11.3 Å². The number of piperidine rings is 1. The third-order valence-corrected chi connectivity index (χ3v) is 4.03. The number of nitrogens with one attached hydrogen (secondary N) is 2. The van der Waals surface area contributed by atoms with Gasteiger partial charge in [0, 0.05) is 12.5 Å². The minimum absolute atomic E-state index is 0.152. The van der Waals surface area contributed by atoms with Crippen molar-refractivity contribution in [3.63, 3.8) is 0 Å². The molecule has 3 nitrogen and oxygen atoms in total. The number of amides is 1. The molecule has 1 aliphatic rings. The molecule has 0 aromatic rings. The van der Waals surface area contributed by atoms with Crippen LogP contribution in [0.4, 0.5) is 0 Å². The largest absolute Gasteiger partial charge is 0.353 e. The van der Waals surface area contributed by atoms with Crippen molar-refractivity contribution in [2.75, 3.05) is 13.1 Å². The van der Waals surface area contributed by atoms with Gasteiger partial charge in [0.1, 0.15) is 0 Å². The van der Waals surface area contributed by atoms with E-state index in [0.717, 1.165) is 31.8 Å². The van der Waals surface area contributed by atoms with Crippen LogP contribution in [0.5, 0.6) is 0 Å². The zero-order valence-corrected chi connectivity index (χ0v) is 12.5. The Morgan fingerprint density at radius 3 is 2.44 bits per heavy atom. The lowest BCUT2D eigenvalue weighted by Gasteiger charge is -2.31. The highest BCUT2D eigenvalue weighted by Crippen LogP contribution is 2.22. The van der Waals surface area contributed by atoms with E-state index in [4.69, 9.17) is 0 Å². The molecule has 1 unspecified atom stereocenters. The zero-order chi connectivity index (χ0) is 13.6. The molecule has 1 saturated heterocycles. The van der Waals surface area contributed by atoms with Crippen LogP contribution in [0.15, 0.2) is 0 Å². The summed E-state index contributed by atoms with van der Waals surface area (Å²) in [5, 5.41) is 6.55. The average molecular weight is 254 g/mol. The molecule has 18 heavy (non-hydrogen) atoms. The normalized spacial score (nSPS) is 19.6. The highest BCUT2D eigenvalue weighted by atomic mass is 16.1. The Labute approximate surface area is 112 Å². The molecule has 106 valence electrons. The van der Waals surface area contributed by atoms with Gasteiger partial charge in [-0.15, -0.1) is 0 Å². The van der Waals surface area contributed by atoms with Crippen molar-refractivity contribution < 1.29 is 4.79 Å². The second-order valence-electron chi connectivity index (χ2n) is 6.63. The monoisotopic (exact) mass is 254 g/mol. The summed E-state index contributed by atoms with van der Waals surface area (Å²) in [5.74, 6) is 0.974. The zero-order valence-electron chi connectivity index (χ0n) is 12.5. The number of carbonyl (C=O) groups is 1. The summed E-state index contributed by atoms with van der Waals surface area (Å²) < 4.78 is 0. The lowest BCUT2D eigenvalue weighted by atomic mass is 9.85. The fraction of sp³-hybridized carbons (Fsp3) is 0.933. The molecular weight excluding hydrogens is 224 g/mol. The fourth-order valence-corrected chi connectivity index (χ4v) is 2.70. The van der Waals surface area contributed by atoms with Crippen molar-refractivity contribution in [3.8, 4) is 0 Å². The Kier molecular flexibility index (Phi) is 6.13. The molecule has 1 amide bonds. The molecule has 0 bridgehead atoms. The summed E-state index contributed by atoms with van der Waals surface area (Å²) in [6, 6.07) is 0.290. The first-order valence-electron chi connectivity index (χ1n) is 7.43. The minimum Gasteiger partial charge on any atom is -0.353 e. The van der Waals surface area contributed by atoms with Gasteiger partial charge in [-0.05, 0) is 50.1 Å². The molecule has 2 N–H and O–H groups in total. The predicted octanol–water partition coefficient (Wildman–Crippen LogP) is 2.71. The first kappa shape index (κ1) is 15.5. The smallest absolute Gasteiger partial charge is 0.220 e. The van der Waals surface area contributed by atoms with Crippen molar-refractivity contribution in [2.24, 2.45) is 11.3 Å². The quantitative estimate of drug-likeness (QED) is 0.792. The lowest BCUT2D eigenvalue weighted by Crippen LogP contribution is -2.43. The van der Waals surface area contributed by atoms with Crippen LogP contribution >= 0.6 is 0 Å². The molecule has 1 aliphatic heterocycles. The van der Waals surface area contributed by atoms with E-state index in [0.29, 0.717) is 6.42 Å². The summed E-state index contributed by atoms with van der Waals surface area (Å²) in [4.78, 5) is 12.0. The van der Waals surface area contributed by atoms with Gasteiger partial charge in [0.05, 0.1) is 0 Å². The highest BCUT2D eigenvalue weighted by Gasteiger charge is 2.24. The predicted molar refractivity (Wildman–Crippen MR) is 76.5 cm³/mol. The average Bonchev–Trinajstić information content (AvgIpc) is 2.33. The maximum Gasteiger partial charge on any atom is 0.220 e. The summed E-state index contributed by atoms with van der Waals surface area (Å²) in [6.45, 7) is 10.9. The van der Waals surface area contributed by atoms with E-state index in [-0.39, 0.29) is 17.4 Å². The molecule has 0 radical (unpaired) electrons. The van der Waals surface area contributed by atoms with Gasteiger partial charge in [0.25, 0.3) is 0 Å². The maximum absolute atomic E-state index is 12.0. The van der Waals surface area contributed by atoms with Gasteiger partial charge in [-0.2, -0.15) is 0 Å². The summed E-state index contributed by atoms with van der Waals surface area (Å²) in [5.41, 5.74) is 0.152. The number of carbonyl (C=O) groups excluding carboxylic acids is 1. The molecule has 1 rings (SSSR count). The van der Waals surface area contributed by atoms with Crippen LogP contribution in [0.3, 0.4) is 0 Å². The molecule has 0 aromatic carbocycles. The molecule has 0 saturated carbocycles. The number of rotatable bonds is 5. The van der Waals surface area contributed by atoms with Crippen LogP contribution in [0.25, 0.3) is 0 Å². The first-order valence-corrected chi connectivity index (χ1v) is 7.43. The van der Waals surface area contributed by atoms with E-state index in [2.05, 4.69) is 38.3 Å². The Bertz CT molecular complexity index is 252. The summed E-state index contributed by atoms with van der Waals surface area (Å²) in [6.07, 6.45) is 5.20. The topological polar surface area (TPSA) is 41.1 Å². The second-order valence-corrected chi connectivity index (χ2v) is 6.63.